The minimum absolute atomic E-state index is 0.569. The Labute approximate surface area is 87.0 Å². The molecular formula is C13H19N. The Morgan fingerprint density at radius 1 is 1.00 bits per heavy atom. The molecule has 76 valence electrons. The Hall–Kier alpha value is -1.37. The number of nitrogens with one attached hydrogen (secondary N) is 1. The van der Waals surface area contributed by atoms with Crippen LogP contribution in [0.1, 0.15) is 27.7 Å². The Kier molecular flexibility index (Phi) is 5.54. The lowest BCUT2D eigenvalue weighted by Gasteiger charge is -1.97. The molecule has 0 rings (SSSR count). The second-order valence-electron chi connectivity index (χ2n) is 3.67. The largest absolute Gasteiger partial charge is 0.305 e. The highest BCUT2D eigenvalue weighted by Gasteiger charge is 1.92. The maximum absolute atomic E-state index is 7.56. The summed E-state index contributed by atoms with van der Waals surface area (Å²) in [6, 6.07) is 0. The van der Waals surface area contributed by atoms with E-state index >= 15 is 0 Å². The van der Waals surface area contributed by atoms with Gasteiger partial charge in [-0.25, -0.2) is 0 Å². The van der Waals surface area contributed by atoms with Gasteiger partial charge in [-0.1, -0.05) is 42.0 Å². The fraction of sp³-hybridized carbons (Fsp3) is 0.308. The van der Waals surface area contributed by atoms with Gasteiger partial charge in [0.1, 0.15) is 0 Å². The first-order chi connectivity index (χ1) is 6.43. The van der Waals surface area contributed by atoms with Gasteiger partial charge >= 0.3 is 0 Å². The van der Waals surface area contributed by atoms with Crippen molar-refractivity contribution in [1.82, 2.24) is 0 Å². The topological polar surface area (TPSA) is 23.9 Å². The number of allylic oxidation sites excluding steroid dienone is 7. The zero-order chi connectivity index (χ0) is 11.1. The molecule has 0 amide bonds. The quantitative estimate of drug-likeness (QED) is 0.509. The average molecular weight is 189 g/mol. The van der Waals surface area contributed by atoms with Gasteiger partial charge in [-0.15, -0.1) is 0 Å². The minimum atomic E-state index is 0.569. The fourth-order valence-electron chi connectivity index (χ4n) is 0.794. The summed E-state index contributed by atoms with van der Waals surface area (Å²) in [6.45, 7) is 11.6. The zero-order valence-corrected chi connectivity index (χ0v) is 9.52. The first kappa shape index (κ1) is 12.6. The molecule has 0 saturated carbocycles. The first-order valence-corrected chi connectivity index (χ1v) is 4.67. The molecule has 0 saturated heterocycles. The smallest absolute Gasteiger partial charge is 0.0355 e. The maximum Gasteiger partial charge on any atom is 0.0355 e. The highest BCUT2D eigenvalue weighted by atomic mass is 14.4. The van der Waals surface area contributed by atoms with Crippen LogP contribution in [0.5, 0.6) is 0 Å². The standard InChI is InChI=1S/C13H19N/c1-10(2)6-8-13(12(5)14)9-7-11(3)4/h6-9,14H,1H2,2-5H3/b8-6-,13-9-,14-12?. The van der Waals surface area contributed by atoms with Crippen molar-refractivity contribution < 1.29 is 0 Å². The predicted molar refractivity (Wildman–Crippen MR) is 64.9 cm³/mol. The van der Waals surface area contributed by atoms with E-state index in [-0.39, 0.29) is 0 Å². The second-order valence-corrected chi connectivity index (χ2v) is 3.67. The van der Waals surface area contributed by atoms with Crippen molar-refractivity contribution in [3.63, 3.8) is 0 Å². The lowest BCUT2D eigenvalue weighted by Crippen LogP contribution is -1.91. The summed E-state index contributed by atoms with van der Waals surface area (Å²) in [4.78, 5) is 0. The van der Waals surface area contributed by atoms with Crippen LogP contribution in [0, 0.1) is 5.41 Å². The summed E-state index contributed by atoms with van der Waals surface area (Å²) in [5, 5.41) is 7.56. The van der Waals surface area contributed by atoms with E-state index in [1.807, 2.05) is 45.1 Å². The molecule has 1 nitrogen and oxygen atoms in total. The molecule has 0 heterocycles. The van der Waals surface area contributed by atoms with Gasteiger partial charge in [0, 0.05) is 5.71 Å². The third kappa shape index (κ3) is 6.18. The van der Waals surface area contributed by atoms with Crippen LogP contribution < -0.4 is 0 Å². The third-order valence-corrected chi connectivity index (χ3v) is 1.58. The van der Waals surface area contributed by atoms with E-state index in [1.165, 1.54) is 5.57 Å². The Balaban J connectivity index is 4.79. The molecule has 0 aliphatic heterocycles. The second kappa shape index (κ2) is 6.14. The maximum atomic E-state index is 7.56. The van der Waals surface area contributed by atoms with Crippen molar-refractivity contribution in [2.75, 3.05) is 0 Å². The Morgan fingerprint density at radius 3 is 1.93 bits per heavy atom. The number of hydrogen-bond donors (Lipinski definition) is 1. The van der Waals surface area contributed by atoms with Crippen LogP contribution in [-0.2, 0) is 0 Å². The molecule has 0 spiro atoms. The van der Waals surface area contributed by atoms with Gasteiger partial charge in [0.15, 0.2) is 0 Å². The molecule has 0 aromatic carbocycles. The van der Waals surface area contributed by atoms with Crippen molar-refractivity contribution in [2.45, 2.75) is 27.7 Å². The van der Waals surface area contributed by atoms with Crippen LogP contribution in [0.2, 0.25) is 0 Å². The van der Waals surface area contributed by atoms with Gasteiger partial charge in [0.25, 0.3) is 0 Å². The Morgan fingerprint density at radius 2 is 1.57 bits per heavy atom. The lowest BCUT2D eigenvalue weighted by atomic mass is 10.1. The van der Waals surface area contributed by atoms with Gasteiger partial charge < -0.3 is 5.41 Å². The van der Waals surface area contributed by atoms with Crippen LogP contribution in [0.4, 0.5) is 0 Å². The van der Waals surface area contributed by atoms with E-state index in [2.05, 4.69) is 6.58 Å². The van der Waals surface area contributed by atoms with Crippen LogP contribution in [0.3, 0.4) is 0 Å². The molecule has 0 aliphatic rings. The van der Waals surface area contributed by atoms with Crippen molar-refractivity contribution >= 4 is 5.71 Å². The molecule has 1 heteroatoms. The summed E-state index contributed by atoms with van der Waals surface area (Å²) < 4.78 is 0. The summed E-state index contributed by atoms with van der Waals surface area (Å²) in [5.41, 5.74) is 3.72. The van der Waals surface area contributed by atoms with Crippen LogP contribution in [0.15, 0.2) is 47.6 Å². The molecule has 0 fully saturated rings. The van der Waals surface area contributed by atoms with Crippen molar-refractivity contribution in [3.8, 4) is 0 Å². The first-order valence-electron chi connectivity index (χ1n) is 4.67. The van der Waals surface area contributed by atoms with Crippen LogP contribution in [0.25, 0.3) is 0 Å². The van der Waals surface area contributed by atoms with Gasteiger partial charge in [-0.05, 0) is 33.3 Å². The normalized spacial score (nSPS) is 11.6. The van der Waals surface area contributed by atoms with Crippen molar-refractivity contribution in [3.05, 3.63) is 47.6 Å². The molecule has 0 atom stereocenters. The van der Waals surface area contributed by atoms with Gasteiger partial charge in [0.2, 0.25) is 0 Å². The molecule has 0 aliphatic carbocycles. The zero-order valence-electron chi connectivity index (χ0n) is 9.52. The summed E-state index contributed by atoms with van der Waals surface area (Å²) >= 11 is 0. The molecule has 0 aromatic rings. The molecule has 1 N–H and O–H groups in total. The molecule has 0 radical (unpaired) electrons. The SMILES string of the molecule is C=C(C)/C=C\C(=C\C=C(C)C)C(C)=N. The summed E-state index contributed by atoms with van der Waals surface area (Å²) in [6.07, 6.45) is 7.81. The highest BCUT2D eigenvalue weighted by Crippen LogP contribution is 2.03. The van der Waals surface area contributed by atoms with E-state index in [0.29, 0.717) is 5.71 Å². The highest BCUT2D eigenvalue weighted by molar-refractivity contribution is 5.98. The third-order valence-electron chi connectivity index (χ3n) is 1.58. The average Bonchev–Trinajstić information content (AvgIpc) is 2.02. The van der Waals surface area contributed by atoms with E-state index in [0.717, 1.165) is 11.1 Å². The van der Waals surface area contributed by atoms with Gasteiger partial charge in [-0.3, -0.25) is 0 Å². The molecule has 0 unspecified atom stereocenters. The lowest BCUT2D eigenvalue weighted by molar-refractivity contribution is 1.39. The molecular weight excluding hydrogens is 170 g/mol. The number of rotatable bonds is 4. The van der Waals surface area contributed by atoms with Crippen molar-refractivity contribution in [1.29, 1.82) is 5.41 Å². The summed E-state index contributed by atoms with van der Waals surface area (Å²) in [5.74, 6) is 0. The van der Waals surface area contributed by atoms with E-state index in [1.54, 1.807) is 6.92 Å². The molecule has 0 bridgehead atoms. The monoisotopic (exact) mass is 189 g/mol. The van der Waals surface area contributed by atoms with Crippen LogP contribution >= 0.6 is 0 Å². The fourth-order valence-corrected chi connectivity index (χ4v) is 0.794. The number of hydrogen-bond acceptors (Lipinski definition) is 1. The van der Waals surface area contributed by atoms with Crippen molar-refractivity contribution in [2.24, 2.45) is 0 Å². The van der Waals surface area contributed by atoms with Crippen LogP contribution in [-0.4, -0.2) is 5.71 Å². The molecule has 14 heavy (non-hydrogen) atoms. The minimum Gasteiger partial charge on any atom is -0.305 e. The molecule has 0 aromatic heterocycles. The van der Waals surface area contributed by atoms with Gasteiger partial charge in [-0.2, -0.15) is 0 Å². The predicted octanol–water partition coefficient (Wildman–Crippen LogP) is 4.05. The van der Waals surface area contributed by atoms with Gasteiger partial charge in [0.05, 0.1) is 0 Å². The summed E-state index contributed by atoms with van der Waals surface area (Å²) in [7, 11) is 0. The van der Waals surface area contributed by atoms with E-state index in [4.69, 9.17) is 5.41 Å². The van der Waals surface area contributed by atoms with E-state index in [9.17, 15) is 0 Å². The van der Waals surface area contributed by atoms with E-state index < -0.39 is 0 Å². The Bertz CT molecular complexity index is 310.